The van der Waals surface area contributed by atoms with Gasteiger partial charge in [0.25, 0.3) is 0 Å². The number of fused-ring (bicyclic) bond motifs is 1. The van der Waals surface area contributed by atoms with Crippen molar-refractivity contribution in [2.24, 2.45) is 10.2 Å². The Hall–Kier alpha value is -3.54. The van der Waals surface area contributed by atoms with E-state index in [0.29, 0.717) is 17.3 Å². The van der Waals surface area contributed by atoms with Crippen molar-refractivity contribution in [3.05, 3.63) is 65.0 Å². The van der Waals surface area contributed by atoms with Gasteiger partial charge >= 0.3 is 0 Å². The number of rotatable bonds is 11. The number of anilines is 1. The van der Waals surface area contributed by atoms with Gasteiger partial charge in [0.15, 0.2) is 0 Å². The first-order valence-corrected chi connectivity index (χ1v) is 13.8. The van der Waals surface area contributed by atoms with E-state index in [2.05, 4.69) is 65.2 Å². The zero-order chi connectivity index (χ0) is 25.3. The third-order valence-corrected chi connectivity index (χ3v) is 7.66. The summed E-state index contributed by atoms with van der Waals surface area (Å²) in [6, 6.07) is 20.1. The Bertz CT molecular complexity index is 1340. The second-order valence-corrected chi connectivity index (χ2v) is 10.2. The number of aromatic nitrogens is 1. The molecule has 0 unspecified atom stereocenters. The number of hydrogen-bond donors (Lipinski definition) is 0. The minimum absolute atomic E-state index is 0.608. The quantitative estimate of drug-likeness (QED) is 0.114. The molecule has 4 rings (SSSR count). The average Bonchev–Trinajstić information content (AvgIpc) is 3.46. The molecule has 8 heteroatoms. The summed E-state index contributed by atoms with van der Waals surface area (Å²) in [4.78, 5) is 8.79. The van der Waals surface area contributed by atoms with Crippen molar-refractivity contribution in [1.82, 2.24) is 4.98 Å². The number of nitrogens with zero attached hydrogens (tertiary/aromatic N) is 5. The number of allylic oxidation sites excluding steroid dienone is 1. The van der Waals surface area contributed by atoms with Crippen molar-refractivity contribution in [2.75, 3.05) is 24.6 Å². The van der Waals surface area contributed by atoms with Crippen molar-refractivity contribution in [2.45, 2.75) is 33.6 Å². The number of thiophene rings is 1. The molecule has 0 saturated heterocycles. The van der Waals surface area contributed by atoms with Crippen LogP contribution in [0.15, 0.2) is 64.8 Å². The predicted octanol–water partition coefficient (Wildman–Crippen LogP) is 8.86. The van der Waals surface area contributed by atoms with E-state index in [1.54, 1.807) is 11.3 Å². The lowest BCUT2D eigenvalue weighted by Crippen LogP contribution is -2.21. The number of azo groups is 1. The molecule has 0 aliphatic carbocycles. The molecule has 0 saturated carbocycles. The fraction of sp³-hybridized carbons (Fsp3) is 0.286. The normalized spacial score (nSPS) is 11.8. The van der Waals surface area contributed by atoms with E-state index in [0.717, 1.165) is 57.3 Å². The highest BCUT2D eigenvalue weighted by Crippen LogP contribution is 2.36. The molecular formula is C28H29N5OS2. The van der Waals surface area contributed by atoms with Gasteiger partial charge in [0.05, 0.1) is 28.6 Å². The summed E-state index contributed by atoms with van der Waals surface area (Å²) in [5.41, 5.74) is 3.46. The Kier molecular flexibility index (Phi) is 8.82. The molecule has 2 heterocycles. The van der Waals surface area contributed by atoms with Crippen LogP contribution in [0.3, 0.4) is 0 Å². The van der Waals surface area contributed by atoms with Gasteiger partial charge in [-0.05, 0) is 86.5 Å². The molecule has 2 aromatic heterocycles. The lowest BCUT2D eigenvalue weighted by Gasteiger charge is -2.20. The van der Waals surface area contributed by atoms with E-state index < -0.39 is 0 Å². The van der Waals surface area contributed by atoms with Gasteiger partial charge in [0.1, 0.15) is 10.6 Å². The van der Waals surface area contributed by atoms with E-state index >= 15 is 0 Å². The van der Waals surface area contributed by atoms with E-state index in [9.17, 15) is 5.26 Å². The Morgan fingerprint density at radius 3 is 2.42 bits per heavy atom. The highest BCUT2D eigenvalue weighted by Gasteiger charge is 2.10. The van der Waals surface area contributed by atoms with Gasteiger partial charge in [-0.2, -0.15) is 5.26 Å². The van der Waals surface area contributed by atoms with Crippen molar-refractivity contribution in [3.8, 4) is 11.8 Å². The first kappa shape index (κ1) is 25.5. The maximum absolute atomic E-state index is 9.72. The van der Waals surface area contributed by atoms with Crippen molar-refractivity contribution < 1.29 is 4.74 Å². The molecule has 0 fully saturated rings. The third kappa shape index (κ3) is 6.36. The molecule has 0 spiro atoms. The Labute approximate surface area is 220 Å². The standard InChI is InChI=1S/C28H29N5OS2/c1-4-7-16-34-24-14-8-20(9-15-24)21(19-29)17-25-18-26-27(35-25)30-28(36-26)32-31-22-10-12-23(13-11-22)33(5-2)6-3/h8-15,17-18H,4-7,16H2,1-3H3/b21-17+,32-31?. The summed E-state index contributed by atoms with van der Waals surface area (Å²) in [5.74, 6) is 0.826. The number of hydrogen-bond acceptors (Lipinski definition) is 8. The van der Waals surface area contributed by atoms with Crippen molar-refractivity contribution >= 4 is 60.4 Å². The predicted molar refractivity (Wildman–Crippen MR) is 152 cm³/mol. The molecule has 0 aliphatic rings. The largest absolute Gasteiger partial charge is 0.494 e. The number of benzene rings is 2. The highest BCUT2D eigenvalue weighted by atomic mass is 32.1. The second-order valence-electron chi connectivity index (χ2n) is 8.10. The molecule has 0 N–H and O–H groups in total. The van der Waals surface area contributed by atoms with Crippen LogP contribution >= 0.6 is 22.7 Å². The molecule has 6 nitrogen and oxygen atoms in total. The van der Waals surface area contributed by atoms with Crippen molar-refractivity contribution in [1.29, 1.82) is 5.26 Å². The Balaban J connectivity index is 1.44. The molecule has 4 aromatic rings. The minimum Gasteiger partial charge on any atom is -0.494 e. The monoisotopic (exact) mass is 515 g/mol. The van der Waals surface area contributed by atoms with Crippen LogP contribution in [0.1, 0.15) is 44.1 Å². The van der Waals surface area contributed by atoms with Gasteiger partial charge < -0.3 is 9.64 Å². The number of ether oxygens (including phenoxy) is 1. The van der Waals surface area contributed by atoms with Gasteiger partial charge in [-0.15, -0.1) is 21.6 Å². The van der Waals surface area contributed by atoms with Crippen LogP contribution in [0.2, 0.25) is 0 Å². The lowest BCUT2D eigenvalue weighted by atomic mass is 10.1. The van der Waals surface area contributed by atoms with Crippen LogP contribution < -0.4 is 9.64 Å². The molecule has 0 bridgehead atoms. The zero-order valence-electron chi connectivity index (χ0n) is 20.8. The lowest BCUT2D eigenvalue weighted by molar-refractivity contribution is 0.309. The highest BCUT2D eigenvalue weighted by molar-refractivity contribution is 7.29. The van der Waals surface area contributed by atoms with Crippen LogP contribution in [0.4, 0.5) is 16.5 Å². The SMILES string of the molecule is CCCCOc1ccc(/C(C#N)=C/c2cc3sc(N=Nc4ccc(N(CC)CC)cc4)nc3s2)cc1. The number of unbranched alkanes of at least 4 members (excludes halogenated alkanes) is 1. The van der Waals surface area contributed by atoms with Gasteiger partial charge in [0, 0.05) is 23.7 Å². The fourth-order valence-electron chi connectivity index (χ4n) is 3.66. The van der Waals surface area contributed by atoms with Gasteiger partial charge in [-0.3, -0.25) is 0 Å². The Morgan fingerprint density at radius 2 is 1.78 bits per heavy atom. The molecule has 184 valence electrons. The number of thiazole rings is 1. The second kappa shape index (κ2) is 12.4. The van der Waals surface area contributed by atoms with E-state index in [4.69, 9.17) is 4.74 Å². The van der Waals surface area contributed by atoms with Crippen LogP contribution in [0.5, 0.6) is 5.75 Å². The maximum Gasteiger partial charge on any atom is 0.231 e. The summed E-state index contributed by atoms with van der Waals surface area (Å²) in [7, 11) is 0. The summed E-state index contributed by atoms with van der Waals surface area (Å²) in [6.07, 6.45) is 4.04. The van der Waals surface area contributed by atoms with Crippen LogP contribution in [-0.4, -0.2) is 24.7 Å². The van der Waals surface area contributed by atoms with E-state index in [1.807, 2.05) is 42.5 Å². The molecule has 0 aliphatic heterocycles. The smallest absolute Gasteiger partial charge is 0.231 e. The summed E-state index contributed by atoms with van der Waals surface area (Å²) < 4.78 is 6.76. The summed E-state index contributed by atoms with van der Waals surface area (Å²) in [6.45, 7) is 9.09. The molecule has 0 amide bonds. The van der Waals surface area contributed by atoms with Crippen LogP contribution in [-0.2, 0) is 0 Å². The van der Waals surface area contributed by atoms with Gasteiger partial charge in [-0.1, -0.05) is 24.7 Å². The average molecular weight is 516 g/mol. The minimum atomic E-state index is 0.608. The molecular weight excluding hydrogens is 486 g/mol. The third-order valence-electron chi connectivity index (χ3n) is 5.67. The van der Waals surface area contributed by atoms with Crippen LogP contribution in [0, 0.1) is 11.3 Å². The van der Waals surface area contributed by atoms with E-state index in [1.165, 1.54) is 17.0 Å². The Morgan fingerprint density at radius 1 is 1.03 bits per heavy atom. The maximum atomic E-state index is 9.72. The molecule has 2 aromatic carbocycles. The fourth-order valence-corrected chi connectivity index (χ4v) is 5.65. The van der Waals surface area contributed by atoms with Gasteiger partial charge in [-0.25, -0.2) is 4.98 Å². The summed E-state index contributed by atoms with van der Waals surface area (Å²) >= 11 is 3.04. The zero-order valence-corrected chi connectivity index (χ0v) is 22.4. The topological polar surface area (TPSA) is 73.9 Å². The first-order chi connectivity index (χ1) is 17.6. The molecule has 36 heavy (non-hydrogen) atoms. The van der Waals surface area contributed by atoms with E-state index in [-0.39, 0.29) is 0 Å². The molecule has 0 atom stereocenters. The van der Waals surface area contributed by atoms with Gasteiger partial charge in [0.2, 0.25) is 5.13 Å². The van der Waals surface area contributed by atoms with Crippen LogP contribution in [0.25, 0.3) is 21.2 Å². The van der Waals surface area contributed by atoms with Crippen molar-refractivity contribution in [3.63, 3.8) is 0 Å². The first-order valence-electron chi connectivity index (χ1n) is 12.2. The summed E-state index contributed by atoms with van der Waals surface area (Å²) in [5, 5.41) is 19.0. The number of nitriles is 1. The molecule has 0 radical (unpaired) electrons.